The lowest BCUT2D eigenvalue weighted by Crippen LogP contribution is -2.24. The van der Waals surface area contributed by atoms with Gasteiger partial charge in [-0.2, -0.15) is 0 Å². The van der Waals surface area contributed by atoms with E-state index in [-0.39, 0.29) is 18.0 Å². The molecule has 0 spiro atoms. The van der Waals surface area contributed by atoms with Gasteiger partial charge in [-0.15, -0.1) is 0 Å². The van der Waals surface area contributed by atoms with Crippen molar-refractivity contribution in [2.45, 2.75) is 24.9 Å². The van der Waals surface area contributed by atoms with Crippen LogP contribution < -0.4 is 0 Å². The van der Waals surface area contributed by atoms with Gasteiger partial charge in [-0.05, 0) is 41.8 Å². The number of ether oxygens (including phenoxy) is 1. The van der Waals surface area contributed by atoms with Crippen molar-refractivity contribution < 1.29 is 9.53 Å². The molecule has 0 aliphatic carbocycles. The number of esters is 1. The molecule has 1 aliphatic rings. The molecule has 2 nitrogen and oxygen atoms in total. The van der Waals surface area contributed by atoms with Gasteiger partial charge in [0.25, 0.3) is 0 Å². The Bertz CT molecular complexity index is 652. The summed E-state index contributed by atoms with van der Waals surface area (Å²) in [5.74, 6) is -0.0456. The first-order chi connectivity index (χ1) is 10.1. The standard InChI is InChI=1S/C17H14Cl2O2/c18-13-6-4-11(5-7-13)17-15(8-9-16(20)21-17)12-2-1-3-14(19)10-12/h1-7,10,15,17H,8-9H2/t15-,17+/m0/s1. The van der Waals surface area contributed by atoms with Crippen molar-refractivity contribution in [1.29, 1.82) is 0 Å². The second-order valence-corrected chi connectivity index (χ2v) is 6.04. The lowest BCUT2D eigenvalue weighted by molar-refractivity contribution is -0.155. The van der Waals surface area contributed by atoms with Crippen molar-refractivity contribution in [3.8, 4) is 0 Å². The SMILES string of the molecule is O=C1CC[C@@H](c2cccc(Cl)c2)[C@@H](c2ccc(Cl)cc2)O1. The second kappa shape index (κ2) is 6.08. The topological polar surface area (TPSA) is 26.3 Å². The summed E-state index contributed by atoms with van der Waals surface area (Å²) in [6, 6.07) is 15.2. The summed E-state index contributed by atoms with van der Waals surface area (Å²) in [5.41, 5.74) is 2.05. The highest BCUT2D eigenvalue weighted by molar-refractivity contribution is 6.30. The van der Waals surface area contributed by atoms with Gasteiger partial charge in [0.2, 0.25) is 0 Å². The molecule has 3 rings (SSSR count). The fourth-order valence-electron chi connectivity index (χ4n) is 2.74. The quantitative estimate of drug-likeness (QED) is 0.715. The van der Waals surface area contributed by atoms with Crippen LogP contribution in [0, 0.1) is 0 Å². The van der Waals surface area contributed by atoms with E-state index in [2.05, 4.69) is 0 Å². The molecule has 0 bridgehead atoms. The first kappa shape index (κ1) is 14.4. The van der Waals surface area contributed by atoms with E-state index in [0.717, 1.165) is 17.5 Å². The van der Waals surface area contributed by atoms with Crippen molar-refractivity contribution in [2.75, 3.05) is 0 Å². The average Bonchev–Trinajstić information content (AvgIpc) is 2.48. The molecule has 21 heavy (non-hydrogen) atoms. The van der Waals surface area contributed by atoms with Crippen molar-refractivity contribution >= 4 is 29.2 Å². The van der Waals surface area contributed by atoms with Crippen LogP contribution >= 0.6 is 23.2 Å². The Kier molecular flexibility index (Phi) is 4.18. The highest BCUT2D eigenvalue weighted by atomic mass is 35.5. The van der Waals surface area contributed by atoms with Crippen molar-refractivity contribution in [1.82, 2.24) is 0 Å². The summed E-state index contributed by atoms with van der Waals surface area (Å²) >= 11 is 12.0. The van der Waals surface area contributed by atoms with Gasteiger partial charge < -0.3 is 4.74 Å². The molecule has 2 atom stereocenters. The Hall–Kier alpha value is -1.51. The predicted octanol–water partition coefficient (Wildman–Crippen LogP) is 5.16. The molecular formula is C17H14Cl2O2. The fraction of sp³-hybridized carbons (Fsp3) is 0.235. The highest BCUT2D eigenvalue weighted by Crippen LogP contribution is 2.41. The minimum Gasteiger partial charge on any atom is -0.457 e. The maximum atomic E-state index is 11.7. The van der Waals surface area contributed by atoms with Crippen molar-refractivity contribution in [3.63, 3.8) is 0 Å². The molecule has 0 amide bonds. The summed E-state index contributed by atoms with van der Waals surface area (Å²) in [7, 11) is 0. The van der Waals surface area contributed by atoms with Crippen LogP contribution in [0.2, 0.25) is 10.0 Å². The number of halogens is 2. The second-order valence-electron chi connectivity index (χ2n) is 5.16. The highest BCUT2D eigenvalue weighted by Gasteiger charge is 2.33. The third-order valence-electron chi connectivity index (χ3n) is 3.76. The van der Waals surface area contributed by atoms with Gasteiger partial charge in [0.15, 0.2) is 0 Å². The molecule has 4 heteroatoms. The maximum Gasteiger partial charge on any atom is 0.306 e. The van der Waals surface area contributed by atoms with Crippen LogP contribution in [-0.4, -0.2) is 5.97 Å². The van der Waals surface area contributed by atoms with E-state index in [1.807, 2.05) is 48.5 Å². The zero-order valence-electron chi connectivity index (χ0n) is 11.3. The van der Waals surface area contributed by atoms with Crippen LogP contribution in [0.15, 0.2) is 48.5 Å². The first-order valence-corrected chi connectivity index (χ1v) is 7.59. The van der Waals surface area contributed by atoms with Crippen molar-refractivity contribution in [2.24, 2.45) is 0 Å². The van der Waals surface area contributed by atoms with E-state index in [4.69, 9.17) is 27.9 Å². The monoisotopic (exact) mass is 320 g/mol. The minimum atomic E-state index is -0.290. The number of carbonyl (C=O) groups is 1. The summed E-state index contributed by atoms with van der Waals surface area (Å²) in [5, 5.41) is 1.36. The van der Waals surface area contributed by atoms with E-state index in [9.17, 15) is 4.79 Å². The molecule has 0 N–H and O–H groups in total. The molecule has 1 saturated heterocycles. The number of rotatable bonds is 2. The summed E-state index contributed by atoms with van der Waals surface area (Å²) in [6.07, 6.45) is 0.898. The zero-order valence-corrected chi connectivity index (χ0v) is 12.8. The maximum absolute atomic E-state index is 11.7. The molecule has 1 heterocycles. The van der Waals surface area contributed by atoms with Gasteiger partial charge in [0, 0.05) is 22.4 Å². The number of hydrogen-bond acceptors (Lipinski definition) is 2. The van der Waals surface area contributed by atoms with Crippen LogP contribution in [-0.2, 0) is 9.53 Å². The number of hydrogen-bond donors (Lipinski definition) is 0. The molecule has 108 valence electrons. The lowest BCUT2D eigenvalue weighted by Gasteiger charge is -2.32. The largest absolute Gasteiger partial charge is 0.457 e. The average molecular weight is 321 g/mol. The lowest BCUT2D eigenvalue weighted by atomic mass is 9.84. The third-order valence-corrected chi connectivity index (χ3v) is 4.25. The van der Waals surface area contributed by atoms with Gasteiger partial charge in [-0.25, -0.2) is 0 Å². The van der Waals surface area contributed by atoms with E-state index >= 15 is 0 Å². The Morgan fingerprint density at radius 3 is 2.43 bits per heavy atom. The Labute approximate surface area is 133 Å². The van der Waals surface area contributed by atoms with Crippen LogP contribution in [0.1, 0.15) is 36.0 Å². The van der Waals surface area contributed by atoms with Crippen LogP contribution in [0.25, 0.3) is 0 Å². The molecule has 1 fully saturated rings. The molecule has 2 aromatic carbocycles. The van der Waals surface area contributed by atoms with Gasteiger partial charge in [-0.1, -0.05) is 47.5 Å². The molecule has 0 aromatic heterocycles. The van der Waals surface area contributed by atoms with Crippen molar-refractivity contribution in [3.05, 3.63) is 69.7 Å². The normalized spacial score (nSPS) is 21.9. The predicted molar refractivity (Wildman–Crippen MR) is 83.7 cm³/mol. The summed E-state index contributed by atoms with van der Waals surface area (Å²) in [4.78, 5) is 11.7. The Balaban J connectivity index is 1.96. The third kappa shape index (κ3) is 3.22. The van der Waals surface area contributed by atoms with Gasteiger partial charge >= 0.3 is 5.97 Å². The van der Waals surface area contributed by atoms with Gasteiger partial charge in [0.1, 0.15) is 6.10 Å². The number of benzene rings is 2. The van der Waals surface area contributed by atoms with E-state index in [1.54, 1.807) is 0 Å². The van der Waals surface area contributed by atoms with E-state index in [0.29, 0.717) is 16.5 Å². The van der Waals surface area contributed by atoms with Gasteiger partial charge in [-0.3, -0.25) is 4.79 Å². The number of cyclic esters (lactones) is 1. The first-order valence-electron chi connectivity index (χ1n) is 6.84. The fourth-order valence-corrected chi connectivity index (χ4v) is 3.06. The van der Waals surface area contributed by atoms with Gasteiger partial charge in [0.05, 0.1) is 0 Å². The molecule has 1 aliphatic heterocycles. The van der Waals surface area contributed by atoms with E-state index in [1.165, 1.54) is 0 Å². The van der Waals surface area contributed by atoms with Crippen LogP contribution in [0.5, 0.6) is 0 Å². The Morgan fingerprint density at radius 1 is 0.952 bits per heavy atom. The minimum absolute atomic E-state index is 0.113. The molecule has 0 unspecified atom stereocenters. The molecule has 0 radical (unpaired) electrons. The molecule has 2 aromatic rings. The zero-order chi connectivity index (χ0) is 14.8. The molecular weight excluding hydrogens is 307 g/mol. The van der Waals surface area contributed by atoms with E-state index < -0.39 is 0 Å². The number of carbonyl (C=O) groups excluding carboxylic acids is 1. The van der Waals surface area contributed by atoms with Crippen LogP contribution in [0.4, 0.5) is 0 Å². The molecule has 0 saturated carbocycles. The Morgan fingerprint density at radius 2 is 1.71 bits per heavy atom. The summed E-state index contributed by atoms with van der Waals surface area (Å²) < 4.78 is 5.59. The summed E-state index contributed by atoms with van der Waals surface area (Å²) in [6.45, 7) is 0. The smallest absolute Gasteiger partial charge is 0.306 e. The van der Waals surface area contributed by atoms with Crippen LogP contribution in [0.3, 0.4) is 0 Å².